The van der Waals surface area contributed by atoms with Crippen LogP contribution in [0.2, 0.25) is 0 Å². The second-order valence-corrected chi connectivity index (χ2v) is 5.99. The molecular weight excluding hydrogens is 326 g/mol. The third-order valence-electron chi connectivity index (χ3n) is 4.30. The molecule has 0 unspecified atom stereocenters. The smallest absolute Gasteiger partial charge is 0.258 e. The van der Waals surface area contributed by atoms with Crippen molar-refractivity contribution in [1.29, 1.82) is 0 Å². The van der Waals surface area contributed by atoms with Crippen molar-refractivity contribution in [1.82, 2.24) is 25.1 Å². The largest absolute Gasteiger partial charge is 0.454 e. The van der Waals surface area contributed by atoms with Gasteiger partial charge in [-0.3, -0.25) is 0 Å². The van der Waals surface area contributed by atoms with Gasteiger partial charge in [0.2, 0.25) is 6.79 Å². The van der Waals surface area contributed by atoms with Gasteiger partial charge in [-0.05, 0) is 24.6 Å². The molecule has 0 spiro atoms. The molecule has 0 radical (unpaired) electrons. The highest BCUT2D eigenvalue weighted by molar-refractivity contribution is 5.60. The summed E-state index contributed by atoms with van der Waals surface area (Å²) in [5.41, 5.74) is 1.72. The Morgan fingerprint density at radius 1 is 1.20 bits per heavy atom. The van der Waals surface area contributed by atoms with E-state index in [2.05, 4.69) is 20.5 Å². The van der Waals surface area contributed by atoms with Crippen LogP contribution in [0, 0.1) is 0 Å². The molecule has 1 aromatic carbocycles. The molecule has 2 aliphatic rings. The second-order valence-electron chi connectivity index (χ2n) is 5.99. The molecule has 0 saturated carbocycles. The zero-order valence-electron chi connectivity index (χ0n) is 13.3. The number of ether oxygens (including phenoxy) is 3. The first-order chi connectivity index (χ1) is 12.3. The summed E-state index contributed by atoms with van der Waals surface area (Å²) in [5.74, 6) is 2.68. The van der Waals surface area contributed by atoms with Crippen molar-refractivity contribution in [2.75, 3.05) is 20.0 Å². The van der Waals surface area contributed by atoms with Gasteiger partial charge in [-0.1, -0.05) is 10.4 Å². The fourth-order valence-corrected chi connectivity index (χ4v) is 2.96. The molecule has 0 aliphatic carbocycles. The van der Waals surface area contributed by atoms with Crippen molar-refractivity contribution in [2.24, 2.45) is 0 Å². The van der Waals surface area contributed by atoms with Crippen LogP contribution < -0.4 is 9.47 Å². The molecular formula is C16H15N5O4. The van der Waals surface area contributed by atoms with Crippen molar-refractivity contribution in [3.8, 4) is 23.0 Å². The third kappa shape index (κ3) is 2.72. The van der Waals surface area contributed by atoms with Crippen LogP contribution in [0.15, 0.2) is 28.9 Å². The molecule has 4 heterocycles. The number of hydrogen-bond donors (Lipinski definition) is 0. The zero-order chi connectivity index (χ0) is 16.6. The molecule has 128 valence electrons. The van der Waals surface area contributed by atoms with Gasteiger partial charge in [-0.2, -0.15) is 4.98 Å². The quantitative estimate of drug-likeness (QED) is 0.706. The second kappa shape index (κ2) is 5.85. The van der Waals surface area contributed by atoms with E-state index in [0.717, 1.165) is 30.0 Å². The minimum Gasteiger partial charge on any atom is -0.454 e. The lowest BCUT2D eigenvalue weighted by Crippen LogP contribution is -2.02. The number of nitrogens with zero attached hydrogens (tertiary/aromatic N) is 5. The van der Waals surface area contributed by atoms with Crippen LogP contribution >= 0.6 is 0 Å². The minimum atomic E-state index is 0.231. The SMILES string of the molecule is c1cc2c(cc1-c1nc(Cn3cc([C@@H]4CCOC4)nn3)no1)OCO2. The topological polar surface area (TPSA) is 97.3 Å². The Morgan fingerprint density at radius 3 is 3.08 bits per heavy atom. The molecule has 0 N–H and O–H groups in total. The molecule has 5 rings (SSSR count). The zero-order valence-corrected chi connectivity index (χ0v) is 13.3. The highest BCUT2D eigenvalue weighted by atomic mass is 16.7. The molecule has 9 nitrogen and oxygen atoms in total. The average molecular weight is 341 g/mol. The van der Waals surface area contributed by atoms with Crippen molar-refractivity contribution in [3.63, 3.8) is 0 Å². The lowest BCUT2D eigenvalue weighted by Gasteiger charge is -1.99. The van der Waals surface area contributed by atoms with Gasteiger partial charge in [-0.15, -0.1) is 5.10 Å². The van der Waals surface area contributed by atoms with E-state index in [1.807, 2.05) is 24.4 Å². The number of aromatic nitrogens is 5. The minimum absolute atomic E-state index is 0.231. The molecule has 1 fully saturated rings. The van der Waals surface area contributed by atoms with E-state index in [-0.39, 0.29) is 6.79 Å². The van der Waals surface area contributed by atoms with Crippen LogP contribution in [0.1, 0.15) is 23.9 Å². The van der Waals surface area contributed by atoms with Gasteiger partial charge < -0.3 is 18.7 Å². The highest BCUT2D eigenvalue weighted by Crippen LogP contribution is 2.35. The maximum absolute atomic E-state index is 5.39. The van der Waals surface area contributed by atoms with E-state index < -0.39 is 0 Å². The molecule has 25 heavy (non-hydrogen) atoms. The molecule has 9 heteroatoms. The van der Waals surface area contributed by atoms with E-state index in [1.165, 1.54) is 0 Å². The molecule has 3 aromatic rings. The first-order valence-electron chi connectivity index (χ1n) is 8.05. The van der Waals surface area contributed by atoms with Crippen molar-refractivity contribution >= 4 is 0 Å². The van der Waals surface area contributed by atoms with Crippen LogP contribution in [0.25, 0.3) is 11.5 Å². The first-order valence-corrected chi connectivity index (χ1v) is 8.05. The van der Waals surface area contributed by atoms with E-state index >= 15 is 0 Å². The predicted molar refractivity (Wildman–Crippen MR) is 83.2 cm³/mol. The van der Waals surface area contributed by atoms with Crippen molar-refractivity contribution in [3.05, 3.63) is 35.9 Å². The standard InChI is InChI=1S/C16H15N5O4/c1-2-13-14(24-9-23-13)5-10(1)16-17-15(19-25-16)7-21-6-12(18-20-21)11-3-4-22-8-11/h1-2,5-6,11H,3-4,7-9H2/t11-/m1/s1. The molecule has 0 amide bonds. The summed E-state index contributed by atoms with van der Waals surface area (Å²) in [6, 6.07) is 5.51. The maximum Gasteiger partial charge on any atom is 0.258 e. The van der Waals surface area contributed by atoms with Crippen LogP contribution in [-0.4, -0.2) is 45.1 Å². The van der Waals surface area contributed by atoms with Gasteiger partial charge >= 0.3 is 0 Å². The van der Waals surface area contributed by atoms with Gasteiger partial charge in [0, 0.05) is 24.3 Å². The molecule has 1 saturated heterocycles. The Kier molecular flexibility index (Phi) is 3.37. The fourth-order valence-electron chi connectivity index (χ4n) is 2.96. The van der Waals surface area contributed by atoms with Crippen LogP contribution in [0.3, 0.4) is 0 Å². The molecule has 0 bridgehead atoms. The molecule has 2 aliphatic heterocycles. The van der Waals surface area contributed by atoms with Gasteiger partial charge in [0.05, 0.1) is 12.3 Å². The van der Waals surface area contributed by atoms with Gasteiger partial charge in [0.25, 0.3) is 5.89 Å². The molecule has 1 atom stereocenters. The summed E-state index contributed by atoms with van der Waals surface area (Å²) in [5, 5.41) is 12.4. The normalized spacial score (nSPS) is 18.8. The van der Waals surface area contributed by atoms with E-state index in [4.69, 9.17) is 18.7 Å². The summed E-state index contributed by atoms with van der Waals surface area (Å²) in [7, 11) is 0. The highest BCUT2D eigenvalue weighted by Gasteiger charge is 2.21. The van der Waals surface area contributed by atoms with E-state index in [0.29, 0.717) is 36.5 Å². The van der Waals surface area contributed by atoms with Gasteiger partial charge in [-0.25, -0.2) is 4.68 Å². The van der Waals surface area contributed by atoms with Gasteiger partial charge in [0.15, 0.2) is 17.3 Å². The van der Waals surface area contributed by atoms with Crippen molar-refractivity contribution in [2.45, 2.75) is 18.9 Å². The Balaban J connectivity index is 1.33. The average Bonchev–Trinajstić information content (AvgIpc) is 3.41. The van der Waals surface area contributed by atoms with Crippen LogP contribution in [0.5, 0.6) is 11.5 Å². The lowest BCUT2D eigenvalue weighted by atomic mass is 10.1. The van der Waals surface area contributed by atoms with Crippen LogP contribution in [0.4, 0.5) is 0 Å². The third-order valence-corrected chi connectivity index (χ3v) is 4.30. The van der Waals surface area contributed by atoms with Crippen molar-refractivity contribution < 1.29 is 18.7 Å². The maximum atomic E-state index is 5.39. The van der Waals surface area contributed by atoms with Gasteiger partial charge in [0.1, 0.15) is 6.54 Å². The monoisotopic (exact) mass is 341 g/mol. The number of fused-ring (bicyclic) bond motifs is 1. The Hall–Kier alpha value is -2.94. The van der Waals surface area contributed by atoms with Crippen LogP contribution in [-0.2, 0) is 11.3 Å². The summed E-state index contributed by atoms with van der Waals surface area (Å²) in [6.45, 7) is 2.11. The number of hydrogen-bond acceptors (Lipinski definition) is 8. The summed E-state index contributed by atoms with van der Waals surface area (Å²) in [4.78, 5) is 4.42. The summed E-state index contributed by atoms with van der Waals surface area (Å²) < 4.78 is 23.1. The van der Waals surface area contributed by atoms with E-state index in [1.54, 1.807) is 4.68 Å². The Bertz CT molecular complexity index is 900. The summed E-state index contributed by atoms with van der Waals surface area (Å²) >= 11 is 0. The first kappa shape index (κ1) is 14.4. The number of rotatable bonds is 4. The summed E-state index contributed by atoms with van der Waals surface area (Å²) in [6.07, 6.45) is 2.89. The Morgan fingerprint density at radius 2 is 2.16 bits per heavy atom. The number of benzene rings is 1. The lowest BCUT2D eigenvalue weighted by molar-refractivity contribution is 0.174. The van der Waals surface area contributed by atoms with E-state index in [9.17, 15) is 0 Å². The fraction of sp³-hybridized carbons (Fsp3) is 0.375. The predicted octanol–water partition coefficient (Wildman–Crippen LogP) is 1.61. The Labute approximate surface area is 142 Å². The molecule has 2 aromatic heterocycles.